The Morgan fingerprint density at radius 2 is 0.809 bits per heavy atom. The van der Waals surface area contributed by atoms with Gasteiger partial charge in [-0.15, -0.1) is 10.9 Å². The summed E-state index contributed by atoms with van der Waals surface area (Å²) in [6, 6.07) is 45.6. The van der Waals surface area contributed by atoms with Gasteiger partial charge in [0.15, 0.2) is 5.82 Å². The van der Waals surface area contributed by atoms with Crippen LogP contribution < -0.4 is 49.2 Å². The zero-order valence-electron chi connectivity index (χ0n) is 43.0. The Hall–Kier alpha value is -5.67. The van der Waals surface area contributed by atoms with Gasteiger partial charge in [-0.05, 0) is 83.6 Å². The van der Waals surface area contributed by atoms with E-state index in [1.165, 1.54) is 110 Å². The smallest absolute Gasteiger partial charge is 0.160 e. The third-order valence-electron chi connectivity index (χ3n) is 16.6. The maximum atomic E-state index is 5.38. The van der Waals surface area contributed by atoms with Gasteiger partial charge < -0.3 is 0 Å². The summed E-state index contributed by atoms with van der Waals surface area (Å²) in [5, 5.41) is 5.05. The standard InChI is InChI=1S/C51H51B15N2/c52-39-32(40(53)42(55)35-33-34-36(44(57)47(60)46(59)41(34)54)43(56)45(58)37(33)49(38(35)39,50(61,62)63)51(64,65)66)29-19-18-28(26-16-7-8-17-27(26)29)31-21-30(67-48(68-31)23-12-5-2-6-13-23)25-15-9-14-24(20-25)22-10-3-1-4-11-22/h1-21H,52-66H2. The third kappa shape index (κ3) is 6.68. The van der Waals surface area contributed by atoms with Crippen molar-refractivity contribution in [1.29, 1.82) is 0 Å². The van der Waals surface area contributed by atoms with Crippen molar-refractivity contribution in [2.24, 2.45) is 0 Å². The zero-order valence-corrected chi connectivity index (χ0v) is 43.0. The van der Waals surface area contributed by atoms with Crippen LogP contribution in [0.25, 0.3) is 88.8 Å². The van der Waals surface area contributed by atoms with E-state index < -0.39 is 0 Å². The van der Waals surface area contributed by atoms with Crippen molar-refractivity contribution >= 4 is 188 Å². The van der Waals surface area contributed by atoms with Crippen LogP contribution in [0.5, 0.6) is 0 Å². The molecule has 0 fully saturated rings. The van der Waals surface area contributed by atoms with Crippen molar-refractivity contribution in [3.8, 4) is 67.3 Å². The van der Waals surface area contributed by atoms with Gasteiger partial charge >= 0.3 is 0 Å². The lowest BCUT2D eigenvalue weighted by Crippen LogP contribution is -2.58. The van der Waals surface area contributed by atoms with E-state index in [4.69, 9.17) is 9.97 Å². The van der Waals surface area contributed by atoms with Crippen molar-refractivity contribution in [3.05, 3.63) is 139 Å². The van der Waals surface area contributed by atoms with E-state index in [2.05, 4.69) is 239 Å². The van der Waals surface area contributed by atoms with Crippen molar-refractivity contribution in [1.82, 2.24) is 9.97 Å². The van der Waals surface area contributed by atoms with Gasteiger partial charge in [0.25, 0.3) is 0 Å². The van der Waals surface area contributed by atoms with E-state index in [0.29, 0.717) is 5.82 Å². The van der Waals surface area contributed by atoms with Crippen molar-refractivity contribution in [2.75, 3.05) is 0 Å². The molecule has 0 saturated heterocycles. The molecule has 1 aromatic heterocycles. The molecule has 9 aromatic rings. The molecule has 0 spiro atoms. The van der Waals surface area contributed by atoms with E-state index in [0.717, 1.165) is 33.6 Å². The minimum absolute atomic E-state index is 0.129. The fourth-order valence-electron chi connectivity index (χ4n) is 13.3. The van der Waals surface area contributed by atoms with Crippen LogP contribution in [0.15, 0.2) is 127 Å². The van der Waals surface area contributed by atoms with Gasteiger partial charge in [0.05, 0.1) is 58.5 Å². The Kier molecular flexibility index (Phi) is 11.2. The van der Waals surface area contributed by atoms with E-state index in [9.17, 15) is 0 Å². The number of nitrogens with zero attached hydrogens (tertiary/aromatic N) is 2. The van der Waals surface area contributed by atoms with Crippen molar-refractivity contribution in [3.63, 3.8) is 0 Å². The van der Waals surface area contributed by atoms with Crippen LogP contribution in [0.3, 0.4) is 0 Å². The Morgan fingerprint density at radius 3 is 1.43 bits per heavy atom. The molecule has 0 atom stereocenters. The summed E-state index contributed by atoms with van der Waals surface area (Å²) in [4.78, 5) is 10.6. The van der Waals surface area contributed by atoms with E-state index in [-0.39, 0.29) is 15.6 Å². The summed E-state index contributed by atoms with van der Waals surface area (Å²) in [6.45, 7) is 0. The summed E-state index contributed by atoms with van der Waals surface area (Å²) < 4.78 is 0. The van der Waals surface area contributed by atoms with Crippen LogP contribution >= 0.6 is 0 Å². The molecule has 0 aliphatic heterocycles. The highest BCUT2D eigenvalue weighted by molar-refractivity contribution is 6.72. The maximum Gasteiger partial charge on any atom is 0.160 e. The molecule has 68 heavy (non-hydrogen) atoms. The van der Waals surface area contributed by atoms with Gasteiger partial charge in [0.1, 0.15) is 70.6 Å². The fraction of sp³-hybridized carbons (Fsp3) is 0.0588. The molecule has 8 aromatic carbocycles. The second-order valence-electron chi connectivity index (χ2n) is 22.0. The number of hydrogen-bond donors (Lipinski definition) is 0. The number of hydrogen-bond acceptors (Lipinski definition) is 2. The molecule has 0 unspecified atom stereocenters. The molecular formula is C51H51B15N2. The first-order valence-corrected chi connectivity index (χ1v) is 24.6. The lowest BCUT2D eigenvalue weighted by atomic mass is 9.17. The number of benzene rings is 8. The molecular weight excluding hydrogens is 803 g/mol. The summed E-state index contributed by atoms with van der Waals surface area (Å²) >= 11 is 0. The molecule has 0 saturated carbocycles. The van der Waals surface area contributed by atoms with Crippen LogP contribution in [0.4, 0.5) is 0 Å². The minimum Gasteiger partial charge on any atom is -0.228 e. The lowest BCUT2D eigenvalue weighted by Gasteiger charge is -2.56. The summed E-state index contributed by atoms with van der Waals surface area (Å²) in [5.74, 6) is 0.714. The van der Waals surface area contributed by atoms with Gasteiger partial charge in [-0.3, -0.25) is 0 Å². The molecule has 1 heterocycles. The highest BCUT2D eigenvalue weighted by Gasteiger charge is 2.58. The SMILES string of the molecule is Bc1c(B)c2c(c(B)c1-c1ccc(-c3cc(-c4cccc(-c5ccccc5)c4)nc(-c4ccccc4)n3)c3ccccc13)C(C(B)(B)B)(C(B)(B)B)c1c(B)c(B)c3c(B)c(B)c(B)c(B)c3c1-2. The van der Waals surface area contributed by atoms with Crippen LogP contribution in [-0.2, 0) is 5.41 Å². The largest absolute Gasteiger partial charge is 0.228 e. The Labute approximate surface area is 417 Å². The van der Waals surface area contributed by atoms with E-state index in [1.807, 2.05) is 6.07 Å². The van der Waals surface area contributed by atoms with Gasteiger partial charge in [-0.2, -0.15) is 0 Å². The lowest BCUT2D eigenvalue weighted by molar-refractivity contribution is 0.540. The van der Waals surface area contributed by atoms with Crippen LogP contribution in [0.1, 0.15) is 11.1 Å². The molecule has 1 aliphatic rings. The molecule has 0 amide bonds. The van der Waals surface area contributed by atoms with Crippen LogP contribution in [0, 0.1) is 0 Å². The highest BCUT2D eigenvalue weighted by Crippen LogP contribution is 2.64. The van der Waals surface area contributed by atoms with E-state index >= 15 is 0 Å². The summed E-state index contributed by atoms with van der Waals surface area (Å²) in [5.41, 5.74) is 28.2. The second kappa shape index (κ2) is 16.5. The van der Waals surface area contributed by atoms with Gasteiger partial charge in [-0.25, -0.2) is 9.97 Å². The van der Waals surface area contributed by atoms with Crippen molar-refractivity contribution < 1.29 is 0 Å². The summed E-state index contributed by atoms with van der Waals surface area (Å²) in [6.07, 6.45) is 0. The third-order valence-corrected chi connectivity index (χ3v) is 16.6. The zero-order chi connectivity index (χ0) is 48.4. The molecule has 0 radical (unpaired) electrons. The van der Waals surface area contributed by atoms with Crippen LogP contribution in [0.2, 0.25) is 10.2 Å². The first-order valence-electron chi connectivity index (χ1n) is 24.6. The maximum absolute atomic E-state index is 5.38. The van der Waals surface area contributed by atoms with Gasteiger partial charge in [0, 0.05) is 16.7 Å². The molecule has 1 aliphatic carbocycles. The normalized spacial score (nSPS) is 13.1. The summed E-state index contributed by atoms with van der Waals surface area (Å²) in [7, 11) is 36.5. The molecule has 17 heteroatoms. The topological polar surface area (TPSA) is 25.8 Å². The molecule has 0 bridgehead atoms. The van der Waals surface area contributed by atoms with Crippen molar-refractivity contribution in [2.45, 2.75) is 15.6 Å². The molecule has 10 rings (SSSR count). The van der Waals surface area contributed by atoms with Gasteiger partial charge in [-0.1, -0.05) is 164 Å². The Bertz CT molecular complexity index is 3570. The number of rotatable bonds is 7. The Balaban J connectivity index is 1.26. The molecule has 0 N–H and O–H groups in total. The average Bonchev–Trinajstić information content (AvgIpc) is 3.68. The number of fused-ring (bicyclic) bond motifs is 6. The first kappa shape index (κ1) is 46.1. The average molecular weight is 854 g/mol. The Morgan fingerprint density at radius 1 is 0.338 bits per heavy atom. The van der Waals surface area contributed by atoms with E-state index in [1.54, 1.807) is 0 Å². The fourth-order valence-corrected chi connectivity index (χ4v) is 13.3. The number of aromatic nitrogens is 2. The minimum atomic E-state index is -0.303. The van der Waals surface area contributed by atoms with Crippen LogP contribution in [-0.4, -0.2) is 128 Å². The quantitative estimate of drug-likeness (QED) is 0.149. The van der Waals surface area contributed by atoms with Gasteiger partial charge in [0.2, 0.25) is 0 Å². The second-order valence-corrected chi connectivity index (χ2v) is 22.0. The molecule has 310 valence electrons. The monoisotopic (exact) mass is 857 g/mol. The highest BCUT2D eigenvalue weighted by atomic mass is 14.9. The predicted molar refractivity (Wildman–Crippen MR) is 341 cm³/mol. The first-order chi connectivity index (χ1) is 32.3. The molecule has 2 nitrogen and oxygen atoms in total. The predicted octanol–water partition coefficient (Wildman–Crippen LogP) is -8.34.